The van der Waals surface area contributed by atoms with Crippen LogP contribution < -0.4 is 0 Å². The van der Waals surface area contributed by atoms with E-state index in [1.807, 2.05) is 30.6 Å². The van der Waals surface area contributed by atoms with Gasteiger partial charge in [-0.2, -0.15) is 0 Å². The number of likely N-dealkylation sites (tertiary alicyclic amines) is 1. The molecule has 7 nitrogen and oxygen atoms in total. The monoisotopic (exact) mass is 381 g/mol. The summed E-state index contributed by atoms with van der Waals surface area (Å²) in [6.07, 6.45) is 1.84. The summed E-state index contributed by atoms with van der Waals surface area (Å²) in [6.45, 7) is 12.8. The summed E-state index contributed by atoms with van der Waals surface area (Å²) >= 11 is 0. The highest BCUT2D eigenvalue weighted by atomic mass is 16.4. The van der Waals surface area contributed by atoms with Crippen LogP contribution in [0.2, 0.25) is 0 Å². The number of aliphatic carboxylic acids is 1. The van der Waals surface area contributed by atoms with Gasteiger partial charge in [-0.05, 0) is 31.2 Å². The lowest BCUT2D eigenvalue weighted by Crippen LogP contribution is -2.50. The van der Waals surface area contributed by atoms with Crippen LogP contribution in [-0.2, 0) is 14.4 Å². The average molecular weight is 382 g/mol. The van der Waals surface area contributed by atoms with E-state index in [1.54, 1.807) is 6.92 Å². The van der Waals surface area contributed by atoms with E-state index in [0.29, 0.717) is 13.1 Å². The van der Waals surface area contributed by atoms with Crippen molar-refractivity contribution >= 4 is 17.8 Å². The van der Waals surface area contributed by atoms with Crippen LogP contribution in [-0.4, -0.2) is 83.4 Å². The standard InChI is InChI=1S/C20H35N3O4/c1-15(24)22-11-9-21(10-12-22)7-5-17-14-23(19(27)20(2,3)4)8-6-16(17)13-18(25)26/h16-17H,5-14H2,1-4H3,(H,25,26). The first-order valence-corrected chi connectivity index (χ1v) is 10.1. The molecule has 2 saturated heterocycles. The van der Waals surface area contributed by atoms with Gasteiger partial charge in [0.25, 0.3) is 0 Å². The molecule has 1 N–H and O–H groups in total. The second-order valence-electron chi connectivity index (χ2n) is 9.04. The fourth-order valence-electron chi connectivity index (χ4n) is 4.19. The Morgan fingerprint density at radius 3 is 2.11 bits per heavy atom. The number of hydrogen-bond acceptors (Lipinski definition) is 4. The number of piperidine rings is 1. The Bertz CT molecular complexity index is 550. The molecule has 2 amide bonds. The van der Waals surface area contributed by atoms with Gasteiger partial charge in [-0.15, -0.1) is 0 Å². The average Bonchev–Trinajstić information content (AvgIpc) is 2.59. The molecule has 0 aromatic rings. The van der Waals surface area contributed by atoms with Crippen LogP contribution in [0.4, 0.5) is 0 Å². The Hall–Kier alpha value is -1.63. The van der Waals surface area contributed by atoms with Gasteiger partial charge in [0.15, 0.2) is 0 Å². The van der Waals surface area contributed by atoms with E-state index in [0.717, 1.165) is 45.6 Å². The molecule has 0 spiro atoms. The van der Waals surface area contributed by atoms with Crippen LogP contribution in [0.5, 0.6) is 0 Å². The van der Waals surface area contributed by atoms with Gasteiger partial charge < -0.3 is 14.9 Å². The molecule has 2 atom stereocenters. The number of carbonyl (C=O) groups excluding carboxylic acids is 2. The molecule has 0 saturated carbocycles. The molecule has 0 aromatic heterocycles. The minimum Gasteiger partial charge on any atom is -0.481 e. The third-order valence-electron chi connectivity index (χ3n) is 5.89. The van der Waals surface area contributed by atoms with E-state index in [9.17, 15) is 19.5 Å². The number of hydrogen-bond donors (Lipinski definition) is 1. The Morgan fingerprint density at radius 2 is 1.59 bits per heavy atom. The van der Waals surface area contributed by atoms with Crippen LogP contribution in [0.15, 0.2) is 0 Å². The van der Waals surface area contributed by atoms with Crippen molar-refractivity contribution in [1.29, 1.82) is 0 Å². The summed E-state index contributed by atoms with van der Waals surface area (Å²) in [5, 5.41) is 9.26. The van der Waals surface area contributed by atoms with Crippen LogP contribution >= 0.6 is 0 Å². The van der Waals surface area contributed by atoms with E-state index >= 15 is 0 Å². The van der Waals surface area contributed by atoms with Gasteiger partial charge in [0, 0.05) is 58.0 Å². The van der Waals surface area contributed by atoms with Crippen LogP contribution in [0.3, 0.4) is 0 Å². The summed E-state index contributed by atoms with van der Waals surface area (Å²) in [4.78, 5) is 41.5. The van der Waals surface area contributed by atoms with Crippen molar-refractivity contribution in [2.45, 2.75) is 47.0 Å². The maximum atomic E-state index is 12.7. The maximum absolute atomic E-state index is 12.7. The molecular weight excluding hydrogens is 346 g/mol. The molecule has 0 bridgehead atoms. The molecular formula is C20H35N3O4. The highest BCUT2D eigenvalue weighted by Gasteiger charge is 2.36. The van der Waals surface area contributed by atoms with E-state index in [4.69, 9.17) is 0 Å². The summed E-state index contributed by atoms with van der Waals surface area (Å²) in [7, 11) is 0. The Labute approximate surface area is 162 Å². The lowest BCUT2D eigenvalue weighted by Gasteiger charge is -2.42. The number of carbonyl (C=O) groups is 3. The molecule has 2 rings (SSSR count). The van der Waals surface area contributed by atoms with E-state index in [-0.39, 0.29) is 30.1 Å². The number of carboxylic acid groups (broad SMARTS) is 1. The normalized spacial score (nSPS) is 24.7. The van der Waals surface area contributed by atoms with Gasteiger partial charge in [-0.1, -0.05) is 20.8 Å². The smallest absolute Gasteiger partial charge is 0.303 e. The predicted molar refractivity (Wildman–Crippen MR) is 103 cm³/mol. The predicted octanol–water partition coefficient (Wildman–Crippen LogP) is 1.53. The number of piperazine rings is 1. The maximum Gasteiger partial charge on any atom is 0.303 e. The molecule has 0 radical (unpaired) electrons. The van der Waals surface area contributed by atoms with Crippen molar-refractivity contribution in [2.75, 3.05) is 45.8 Å². The largest absolute Gasteiger partial charge is 0.481 e. The first-order valence-electron chi connectivity index (χ1n) is 10.1. The van der Waals surface area contributed by atoms with Gasteiger partial charge in [0.05, 0.1) is 0 Å². The lowest BCUT2D eigenvalue weighted by molar-refractivity contribution is -0.143. The van der Waals surface area contributed by atoms with Gasteiger partial charge in [0.2, 0.25) is 11.8 Å². The van der Waals surface area contributed by atoms with Crippen LogP contribution in [0.25, 0.3) is 0 Å². The number of amides is 2. The minimum absolute atomic E-state index is 0.125. The quantitative estimate of drug-likeness (QED) is 0.781. The molecule has 0 aromatic carbocycles. The molecule has 154 valence electrons. The van der Waals surface area contributed by atoms with Crippen LogP contribution in [0.1, 0.15) is 47.0 Å². The highest BCUT2D eigenvalue weighted by Crippen LogP contribution is 2.31. The van der Waals surface area contributed by atoms with Crippen molar-refractivity contribution < 1.29 is 19.5 Å². The van der Waals surface area contributed by atoms with Crippen molar-refractivity contribution in [2.24, 2.45) is 17.3 Å². The van der Waals surface area contributed by atoms with Crippen molar-refractivity contribution in [3.05, 3.63) is 0 Å². The molecule has 2 aliphatic rings. The summed E-state index contributed by atoms with van der Waals surface area (Å²) < 4.78 is 0. The first kappa shape index (κ1) is 21.7. The SMILES string of the molecule is CC(=O)N1CCN(CCC2CN(C(=O)C(C)(C)C)CCC2CC(=O)O)CC1. The molecule has 2 heterocycles. The number of carboxylic acids is 1. The number of nitrogens with zero attached hydrogens (tertiary/aromatic N) is 3. The molecule has 0 aliphatic carbocycles. The zero-order chi connectivity index (χ0) is 20.2. The zero-order valence-electron chi connectivity index (χ0n) is 17.2. The number of rotatable bonds is 5. The van der Waals surface area contributed by atoms with Crippen molar-refractivity contribution in [3.63, 3.8) is 0 Å². The Kier molecular flexibility index (Phi) is 7.25. The van der Waals surface area contributed by atoms with Gasteiger partial charge in [-0.3, -0.25) is 19.3 Å². The molecule has 2 unspecified atom stereocenters. The summed E-state index contributed by atoms with van der Waals surface area (Å²) in [6, 6.07) is 0. The first-order chi connectivity index (χ1) is 12.6. The third kappa shape index (κ3) is 6.19. The lowest BCUT2D eigenvalue weighted by atomic mass is 9.80. The second-order valence-corrected chi connectivity index (χ2v) is 9.04. The van der Waals surface area contributed by atoms with E-state index < -0.39 is 11.4 Å². The molecule has 7 heteroatoms. The third-order valence-corrected chi connectivity index (χ3v) is 5.89. The highest BCUT2D eigenvalue weighted by molar-refractivity contribution is 5.81. The Morgan fingerprint density at radius 1 is 0.963 bits per heavy atom. The topological polar surface area (TPSA) is 81.2 Å². The molecule has 2 aliphatic heterocycles. The van der Waals surface area contributed by atoms with E-state index in [1.165, 1.54) is 0 Å². The fourth-order valence-corrected chi connectivity index (χ4v) is 4.19. The molecule has 2 fully saturated rings. The summed E-state index contributed by atoms with van der Waals surface area (Å²) in [5.74, 6) is -0.135. The van der Waals surface area contributed by atoms with E-state index in [2.05, 4.69) is 4.90 Å². The Balaban J connectivity index is 1.93. The zero-order valence-corrected chi connectivity index (χ0v) is 17.2. The molecule has 27 heavy (non-hydrogen) atoms. The van der Waals surface area contributed by atoms with Crippen molar-refractivity contribution in [1.82, 2.24) is 14.7 Å². The second kappa shape index (κ2) is 9.04. The summed E-state index contributed by atoms with van der Waals surface area (Å²) in [5.41, 5.74) is -0.410. The van der Waals surface area contributed by atoms with Crippen molar-refractivity contribution in [3.8, 4) is 0 Å². The van der Waals surface area contributed by atoms with Gasteiger partial charge >= 0.3 is 5.97 Å². The van der Waals surface area contributed by atoms with Gasteiger partial charge in [0.1, 0.15) is 0 Å². The van der Waals surface area contributed by atoms with Crippen LogP contribution in [0, 0.1) is 17.3 Å². The van der Waals surface area contributed by atoms with Gasteiger partial charge in [-0.25, -0.2) is 0 Å². The minimum atomic E-state index is -0.754. The fraction of sp³-hybridized carbons (Fsp3) is 0.850.